The smallest absolute Gasteiger partial charge is 0.300 e. The third-order valence-corrected chi connectivity index (χ3v) is 2.87. The lowest BCUT2D eigenvalue weighted by molar-refractivity contribution is -0.134. The molecule has 21 heavy (non-hydrogen) atoms. The van der Waals surface area contributed by atoms with Crippen LogP contribution in [0.1, 0.15) is 78.1 Å². The minimum atomic E-state index is -0.833. The summed E-state index contributed by atoms with van der Waals surface area (Å²) in [6, 6.07) is 0. The van der Waals surface area contributed by atoms with Crippen molar-refractivity contribution in [2.24, 2.45) is 0 Å². The first kappa shape index (κ1) is 22.2. The van der Waals surface area contributed by atoms with Crippen molar-refractivity contribution in [3.8, 4) is 0 Å². The van der Waals surface area contributed by atoms with E-state index in [1.807, 2.05) is 0 Å². The molecule has 124 valence electrons. The second-order valence-corrected chi connectivity index (χ2v) is 5.15. The van der Waals surface area contributed by atoms with Crippen molar-refractivity contribution in [2.75, 3.05) is 6.61 Å². The van der Waals surface area contributed by atoms with Crippen LogP contribution in [0.3, 0.4) is 0 Å². The average Bonchev–Trinajstić information content (AvgIpc) is 2.43. The van der Waals surface area contributed by atoms with Crippen LogP contribution < -0.4 is 0 Å². The standard InChI is InChI=1S/C16H30O.C2H4O2/c1-2-3-4-5-6-7-8-9-10-11-12-13-14-15-16-17;1-2(3)4/h4-7,17H,2-3,8-16H2,1H3;1H3,(H,3,4). The van der Waals surface area contributed by atoms with E-state index in [0.29, 0.717) is 6.61 Å². The maximum Gasteiger partial charge on any atom is 0.300 e. The molecule has 0 spiro atoms. The lowest BCUT2D eigenvalue weighted by atomic mass is 10.1. The largest absolute Gasteiger partial charge is 0.481 e. The zero-order valence-corrected chi connectivity index (χ0v) is 13.9. The summed E-state index contributed by atoms with van der Waals surface area (Å²) in [5, 5.41) is 16.0. The summed E-state index contributed by atoms with van der Waals surface area (Å²) in [5.41, 5.74) is 0. The number of hydrogen-bond donors (Lipinski definition) is 2. The Bertz CT molecular complexity index is 253. The number of rotatable bonds is 12. The van der Waals surface area contributed by atoms with E-state index >= 15 is 0 Å². The van der Waals surface area contributed by atoms with E-state index in [9.17, 15) is 0 Å². The number of carboxylic acid groups (broad SMARTS) is 1. The van der Waals surface area contributed by atoms with Crippen LogP contribution in [-0.2, 0) is 4.79 Å². The molecular weight excluding hydrogens is 264 g/mol. The summed E-state index contributed by atoms with van der Waals surface area (Å²) in [6.45, 7) is 3.64. The summed E-state index contributed by atoms with van der Waals surface area (Å²) in [7, 11) is 0. The molecule has 0 aromatic heterocycles. The van der Waals surface area contributed by atoms with Crippen LogP contribution in [0.5, 0.6) is 0 Å². The van der Waals surface area contributed by atoms with Gasteiger partial charge in [-0.25, -0.2) is 0 Å². The lowest BCUT2D eigenvalue weighted by Gasteiger charge is -1.99. The maximum atomic E-state index is 9.00. The Morgan fingerprint density at radius 3 is 1.76 bits per heavy atom. The van der Waals surface area contributed by atoms with E-state index in [1.165, 1.54) is 57.8 Å². The highest BCUT2D eigenvalue weighted by molar-refractivity contribution is 5.62. The monoisotopic (exact) mass is 298 g/mol. The Morgan fingerprint density at radius 1 is 0.857 bits per heavy atom. The molecule has 0 saturated carbocycles. The number of carbonyl (C=O) groups is 1. The second-order valence-electron chi connectivity index (χ2n) is 5.15. The van der Waals surface area contributed by atoms with Crippen molar-refractivity contribution in [1.29, 1.82) is 0 Å². The molecule has 0 fully saturated rings. The van der Waals surface area contributed by atoms with Crippen molar-refractivity contribution in [1.82, 2.24) is 0 Å². The van der Waals surface area contributed by atoms with Gasteiger partial charge in [0, 0.05) is 13.5 Å². The normalized spacial score (nSPS) is 10.8. The van der Waals surface area contributed by atoms with Crippen molar-refractivity contribution < 1.29 is 15.0 Å². The van der Waals surface area contributed by atoms with Crippen LogP contribution in [0.2, 0.25) is 0 Å². The molecule has 0 radical (unpaired) electrons. The molecule has 0 aliphatic heterocycles. The van der Waals surface area contributed by atoms with Crippen LogP contribution in [0.25, 0.3) is 0 Å². The van der Waals surface area contributed by atoms with Crippen molar-refractivity contribution in [3.05, 3.63) is 24.3 Å². The fourth-order valence-electron chi connectivity index (χ4n) is 1.77. The van der Waals surface area contributed by atoms with Crippen LogP contribution in [0.4, 0.5) is 0 Å². The number of carboxylic acids is 1. The SMILES string of the molecule is CC(=O)O.CCCC=CC=CCCCCCCCCCO. The lowest BCUT2D eigenvalue weighted by Crippen LogP contribution is -1.83. The molecule has 0 amide bonds. The maximum absolute atomic E-state index is 9.00. The van der Waals surface area contributed by atoms with Crippen LogP contribution in [0, 0.1) is 0 Å². The van der Waals surface area contributed by atoms with Gasteiger partial charge in [0.1, 0.15) is 0 Å². The third kappa shape index (κ3) is 32.4. The molecule has 0 unspecified atom stereocenters. The number of hydrogen-bond acceptors (Lipinski definition) is 2. The first-order chi connectivity index (χ1) is 10.1. The zero-order valence-electron chi connectivity index (χ0n) is 13.9. The van der Waals surface area contributed by atoms with Gasteiger partial charge in [0.2, 0.25) is 0 Å². The van der Waals surface area contributed by atoms with Gasteiger partial charge in [-0.1, -0.05) is 69.8 Å². The van der Waals surface area contributed by atoms with Gasteiger partial charge < -0.3 is 10.2 Å². The summed E-state index contributed by atoms with van der Waals surface area (Å²) >= 11 is 0. The predicted octanol–water partition coefficient (Wildman–Crippen LogP) is 5.10. The fourth-order valence-corrected chi connectivity index (χ4v) is 1.77. The summed E-state index contributed by atoms with van der Waals surface area (Å²) < 4.78 is 0. The van der Waals surface area contributed by atoms with Crippen LogP contribution in [-0.4, -0.2) is 22.8 Å². The van der Waals surface area contributed by atoms with Gasteiger partial charge in [-0.05, 0) is 25.7 Å². The molecule has 0 bridgehead atoms. The topological polar surface area (TPSA) is 57.5 Å². The molecule has 2 N–H and O–H groups in total. The number of aliphatic hydroxyl groups excluding tert-OH is 1. The van der Waals surface area contributed by atoms with E-state index < -0.39 is 5.97 Å². The molecule has 0 heterocycles. The van der Waals surface area contributed by atoms with Crippen molar-refractivity contribution >= 4 is 5.97 Å². The number of aliphatic carboxylic acids is 1. The first-order valence-corrected chi connectivity index (χ1v) is 8.27. The molecule has 0 rings (SSSR count). The Hall–Kier alpha value is -1.09. The minimum Gasteiger partial charge on any atom is -0.481 e. The Kier molecular flexibility index (Phi) is 22.4. The van der Waals surface area contributed by atoms with E-state index in [-0.39, 0.29) is 0 Å². The number of aliphatic hydroxyl groups is 1. The molecule has 0 aliphatic rings. The Balaban J connectivity index is 0. The quantitative estimate of drug-likeness (QED) is 0.389. The molecule has 0 aliphatic carbocycles. The molecule has 0 aromatic carbocycles. The summed E-state index contributed by atoms with van der Waals surface area (Å²) in [4.78, 5) is 9.00. The highest BCUT2D eigenvalue weighted by atomic mass is 16.4. The highest BCUT2D eigenvalue weighted by Crippen LogP contribution is 2.08. The molecular formula is C18H34O3. The molecule has 3 nitrogen and oxygen atoms in total. The van der Waals surface area contributed by atoms with E-state index in [2.05, 4.69) is 31.2 Å². The van der Waals surface area contributed by atoms with Gasteiger partial charge in [0.25, 0.3) is 5.97 Å². The van der Waals surface area contributed by atoms with Gasteiger partial charge in [-0.3, -0.25) is 4.79 Å². The summed E-state index contributed by atoms with van der Waals surface area (Å²) in [6.07, 6.45) is 21.3. The third-order valence-electron chi connectivity index (χ3n) is 2.87. The zero-order chi connectivity index (χ0) is 16.2. The molecule has 0 aromatic rings. The Labute approximate surface area is 130 Å². The van der Waals surface area contributed by atoms with Gasteiger partial charge in [-0.2, -0.15) is 0 Å². The second kappa shape index (κ2) is 21.2. The highest BCUT2D eigenvalue weighted by Gasteiger charge is 1.90. The van der Waals surface area contributed by atoms with Gasteiger partial charge in [-0.15, -0.1) is 0 Å². The molecule has 0 saturated heterocycles. The van der Waals surface area contributed by atoms with E-state index in [0.717, 1.165) is 13.3 Å². The number of unbranched alkanes of at least 4 members (excludes halogenated alkanes) is 8. The van der Waals surface area contributed by atoms with Crippen molar-refractivity contribution in [3.63, 3.8) is 0 Å². The number of allylic oxidation sites excluding steroid dienone is 4. The Morgan fingerprint density at radius 2 is 1.29 bits per heavy atom. The van der Waals surface area contributed by atoms with Crippen molar-refractivity contribution in [2.45, 2.75) is 78.1 Å². The predicted molar refractivity (Wildman–Crippen MR) is 90.5 cm³/mol. The molecule has 0 atom stereocenters. The summed E-state index contributed by atoms with van der Waals surface area (Å²) in [5.74, 6) is -0.833. The van der Waals surface area contributed by atoms with E-state index in [4.69, 9.17) is 15.0 Å². The van der Waals surface area contributed by atoms with Crippen LogP contribution >= 0.6 is 0 Å². The van der Waals surface area contributed by atoms with Crippen LogP contribution in [0.15, 0.2) is 24.3 Å². The van der Waals surface area contributed by atoms with E-state index in [1.54, 1.807) is 0 Å². The first-order valence-electron chi connectivity index (χ1n) is 8.27. The minimum absolute atomic E-state index is 0.357. The van der Waals surface area contributed by atoms with Gasteiger partial charge in [0.15, 0.2) is 0 Å². The van der Waals surface area contributed by atoms with Gasteiger partial charge >= 0.3 is 0 Å². The molecule has 3 heteroatoms. The average molecular weight is 298 g/mol. The fraction of sp³-hybridized carbons (Fsp3) is 0.722. The van der Waals surface area contributed by atoms with Gasteiger partial charge in [0.05, 0.1) is 0 Å².